The quantitative estimate of drug-likeness (QED) is 0.0141. The van der Waals surface area contributed by atoms with Crippen LogP contribution in [0.15, 0.2) is 170 Å². The normalized spacial score (nSPS) is 16.7. The third-order valence-electron chi connectivity index (χ3n) is 16.6. The third-order valence-corrected chi connectivity index (χ3v) is 17.2. The minimum atomic E-state index is -0.997. The van der Waals surface area contributed by atoms with Gasteiger partial charge in [0.05, 0.1) is 29.2 Å². The van der Waals surface area contributed by atoms with Gasteiger partial charge in [-0.2, -0.15) is 0 Å². The molecule has 0 aromatic heterocycles. The van der Waals surface area contributed by atoms with Gasteiger partial charge in [-0.25, -0.2) is 8.78 Å². The number of nitrogens with zero attached hydrogens (tertiary/aromatic N) is 1. The Hall–Kier alpha value is -5.74. The molecular weight excluding hydrogens is 1320 g/mol. The number of anilines is 2. The van der Waals surface area contributed by atoms with Crippen molar-refractivity contribution in [2.24, 2.45) is 46.0 Å². The summed E-state index contributed by atoms with van der Waals surface area (Å²) in [5.41, 5.74) is 15.2. The van der Waals surface area contributed by atoms with Gasteiger partial charge in [0.2, 0.25) is 35.4 Å². The van der Waals surface area contributed by atoms with Gasteiger partial charge in [0.15, 0.2) is 23.1 Å². The smallest absolute Gasteiger partial charge is 1.00 e. The molecular formula is C72H83BrF2K2N6O11. The number of carbonyl (C=O) groups excluding carboxylic acids is 7. The fourth-order valence-electron chi connectivity index (χ4n) is 11.9. The van der Waals surface area contributed by atoms with Crippen LogP contribution < -0.4 is 150 Å². The molecule has 0 saturated heterocycles. The molecule has 2 heterocycles. The van der Waals surface area contributed by atoms with Gasteiger partial charge in [-0.15, -0.1) is 0 Å². The Morgan fingerprint density at radius 2 is 1.07 bits per heavy atom. The number of primary amides is 2. The first kappa shape index (κ1) is 80.7. The number of aryl methyl sites for hydroxylation is 2. The van der Waals surface area contributed by atoms with Crippen LogP contribution in [-0.2, 0) is 63.2 Å². The van der Waals surface area contributed by atoms with Gasteiger partial charge in [-0.3, -0.25) is 33.6 Å². The van der Waals surface area contributed by atoms with E-state index in [9.17, 15) is 37.5 Å². The van der Waals surface area contributed by atoms with E-state index in [1.165, 1.54) is 12.1 Å². The Balaban J connectivity index is 0.000000388. The Bertz CT molecular complexity index is 3590. The molecule has 2 unspecified atom stereocenters. The number of amides is 6. The van der Waals surface area contributed by atoms with Crippen molar-refractivity contribution in [3.63, 3.8) is 0 Å². The van der Waals surface area contributed by atoms with Gasteiger partial charge < -0.3 is 53.4 Å². The molecule has 22 heteroatoms. The van der Waals surface area contributed by atoms with Crippen molar-refractivity contribution in [2.75, 3.05) is 10.2 Å². The summed E-state index contributed by atoms with van der Waals surface area (Å²) in [6.07, 6.45) is 12.7. The first-order chi connectivity index (χ1) is 43.7. The molecule has 2 aliphatic carbocycles. The van der Waals surface area contributed by atoms with Crippen LogP contribution in [0.3, 0.4) is 0 Å². The predicted molar refractivity (Wildman–Crippen MR) is 353 cm³/mol. The number of hydrogen-bond donors (Lipinski definition) is 5. The molecule has 6 aromatic carbocycles. The molecule has 0 radical (unpaired) electrons. The number of fused-ring (bicyclic) bond motifs is 2. The SMILES string of the molecule is C.CC(C)C[C@@H](C(=O)NC1CCc2ccccc2N(Cc2cccc(Oc3ccccc3F)c2)C1=O)C1(C(N)=O)CC=CC1.CC(C)C[C@@H](C(=O)NC1CCc2ccccc2NC1=O)C1(C(N)=O)CC=CC1.Fc1ccccc1Oc1cccc(CBr)c1.O=CO[O-].[H-].[K+].[K+]. The molecule has 490 valence electrons. The van der Waals surface area contributed by atoms with Crippen molar-refractivity contribution in [3.8, 4) is 23.0 Å². The van der Waals surface area contributed by atoms with Crippen molar-refractivity contribution in [3.05, 3.63) is 204 Å². The standard InChI is InChI=1S/C35H38FN3O4.C22H29N3O3.C13H10BrFO.CH2O3.CH4.2K.H/c1-23(2)20-27(35(34(37)42)18-7-8-19-35)32(40)38-29-17-16-25-11-3-5-14-30(25)39(33(29)41)22-24-10-9-12-26(21-24)43-31-15-6-4-13-28(31)36;1-14(2)13-16(22(21(23)28)11-5-6-12-22)19(26)25-18-10-9-15-7-3-4-8-17(15)24-20(18)27;14-9-10-4-3-5-11(8-10)16-13-7-2-1-6-12(13)15;2-1-4-3;;;;/h3-15,21,23,27,29H,16-20,22H2,1-2H3,(H2,37,42)(H,38,40);3-8,14,16,18H,9-13H2,1-2H3,(H2,23,28)(H,24,27)(H,25,26);1-8H,9H2;1,3H;1H4;;;/q;;;;;2*+1;-1/p-1/t27-,29?;16-,18?;;;;;;/m00....../s1. The fraction of sp³-hybridized carbons (Fsp3) is 0.347. The van der Waals surface area contributed by atoms with Crippen molar-refractivity contribution in [1.82, 2.24) is 10.6 Å². The summed E-state index contributed by atoms with van der Waals surface area (Å²) >= 11 is 3.36. The first-order valence-corrected chi connectivity index (χ1v) is 31.4. The minimum absolute atomic E-state index is 0. The van der Waals surface area contributed by atoms with Crippen LogP contribution in [0.4, 0.5) is 20.2 Å². The maximum atomic E-state index is 14.2. The number of nitrogens with two attached hydrogens (primary N) is 2. The second kappa shape index (κ2) is 39.5. The van der Waals surface area contributed by atoms with Gasteiger partial charge >= 0.3 is 103 Å². The average Bonchev–Trinajstić information content (AvgIpc) is 1.72. The maximum Gasteiger partial charge on any atom is 1.00 e. The van der Waals surface area contributed by atoms with Crippen LogP contribution in [-0.4, -0.2) is 54.0 Å². The minimum Gasteiger partial charge on any atom is -1.00 e. The Morgan fingerprint density at radius 1 is 0.649 bits per heavy atom. The molecule has 10 rings (SSSR count). The number of carbonyl (C=O) groups is 7. The van der Waals surface area contributed by atoms with Crippen LogP contribution >= 0.6 is 15.9 Å². The molecule has 6 amide bonds. The zero-order valence-corrected chi connectivity index (χ0v) is 61.3. The summed E-state index contributed by atoms with van der Waals surface area (Å²) in [6.45, 7) is 8.10. The number of ether oxygens (including phenoxy) is 2. The number of hydrogen-bond acceptors (Lipinski definition) is 11. The second-order valence-corrected chi connectivity index (χ2v) is 24.3. The van der Waals surface area contributed by atoms with E-state index in [1.54, 1.807) is 65.6 Å². The summed E-state index contributed by atoms with van der Waals surface area (Å²) in [5, 5.41) is 18.0. The molecule has 2 aliphatic heterocycles. The summed E-state index contributed by atoms with van der Waals surface area (Å²) < 4.78 is 38.8. The number of alkyl halides is 1. The third kappa shape index (κ3) is 21.9. The Labute approximate surface area is 644 Å². The van der Waals surface area contributed by atoms with E-state index in [0.717, 1.165) is 39.0 Å². The molecule has 0 bridgehead atoms. The van der Waals surface area contributed by atoms with Gasteiger partial charge in [0, 0.05) is 16.7 Å². The van der Waals surface area contributed by atoms with E-state index in [2.05, 4.69) is 36.8 Å². The van der Waals surface area contributed by atoms with Crippen LogP contribution in [0.2, 0.25) is 0 Å². The van der Waals surface area contributed by atoms with E-state index < -0.39 is 52.4 Å². The van der Waals surface area contributed by atoms with Gasteiger partial charge in [0.1, 0.15) is 23.6 Å². The topological polar surface area (TPSA) is 262 Å². The molecule has 4 atom stereocenters. The summed E-state index contributed by atoms with van der Waals surface area (Å²) in [4.78, 5) is 92.0. The van der Waals surface area contributed by atoms with E-state index in [1.807, 2.05) is 125 Å². The van der Waals surface area contributed by atoms with E-state index in [4.69, 9.17) is 31.0 Å². The summed E-state index contributed by atoms with van der Waals surface area (Å²) in [7, 11) is 0. The molecule has 0 spiro atoms. The predicted octanol–water partition coefficient (Wildman–Crippen LogP) is 6.31. The van der Waals surface area contributed by atoms with Crippen LogP contribution in [0, 0.1) is 46.1 Å². The number of para-hydroxylation sites is 4. The van der Waals surface area contributed by atoms with E-state index in [-0.39, 0.29) is 177 Å². The number of allylic oxidation sites excluding steroid dienone is 4. The Morgan fingerprint density at radius 3 is 1.55 bits per heavy atom. The zero-order chi connectivity index (χ0) is 65.7. The van der Waals surface area contributed by atoms with E-state index >= 15 is 0 Å². The molecule has 0 saturated carbocycles. The largest absolute Gasteiger partial charge is 1.00 e. The maximum absolute atomic E-state index is 14.2. The second-order valence-electron chi connectivity index (χ2n) is 23.7. The van der Waals surface area contributed by atoms with Crippen molar-refractivity contribution in [2.45, 2.75) is 123 Å². The zero-order valence-electron chi connectivity index (χ0n) is 54.4. The average molecular weight is 1400 g/mol. The monoisotopic (exact) mass is 1400 g/mol. The number of benzene rings is 6. The van der Waals surface area contributed by atoms with Gasteiger partial charge in [-0.05, 0) is 159 Å². The molecule has 17 nitrogen and oxygen atoms in total. The first-order valence-electron chi connectivity index (χ1n) is 30.3. The van der Waals surface area contributed by atoms with Crippen molar-refractivity contribution < 1.29 is 166 Å². The Kier molecular flexibility index (Phi) is 33.9. The molecule has 0 fully saturated rings. The summed E-state index contributed by atoms with van der Waals surface area (Å²) in [6, 6.07) is 41.2. The van der Waals surface area contributed by atoms with Gasteiger partial charge in [0.25, 0.3) is 6.47 Å². The fourth-order valence-corrected chi connectivity index (χ4v) is 12.2. The van der Waals surface area contributed by atoms with Crippen molar-refractivity contribution in [1.29, 1.82) is 0 Å². The van der Waals surface area contributed by atoms with Crippen LogP contribution in [0.5, 0.6) is 23.0 Å². The number of rotatable bonds is 20. The molecule has 94 heavy (non-hydrogen) atoms. The van der Waals surface area contributed by atoms with Crippen molar-refractivity contribution >= 4 is 69.2 Å². The molecule has 7 N–H and O–H groups in total. The number of halogens is 3. The van der Waals surface area contributed by atoms with E-state index in [0.29, 0.717) is 75.7 Å². The summed E-state index contributed by atoms with van der Waals surface area (Å²) in [5.74, 6) is -2.19. The molecule has 6 aromatic rings. The van der Waals surface area contributed by atoms with Crippen LogP contribution in [0.1, 0.15) is 110 Å². The van der Waals surface area contributed by atoms with Gasteiger partial charge in [-0.1, -0.05) is 160 Å². The van der Waals surface area contributed by atoms with Crippen LogP contribution in [0.25, 0.3) is 0 Å². The molecule has 4 aliphatic rings. The number of nitrogens with one attached hydrogen (secondary N) is 3.